The van der Waals surface area contributed by atoms with Crippen molar-refractivity contribution in [3.05, 3.63) is 204 Å². The van der Waals surface area contributed by atoms with Gasteiger partial charge in [0.1, 0.15) is 0 Å². The number of hydrazine groups is 2. The first-order chi connectivity index (χ1) is 23.3. The van der Waals surface area contributed by atoms with Crippen LogP contribution in [0.1, 0.15) is 53.3 Å². The molecule has 5 rings (SSSR count). The van der Waals surface area contributed by atoms with E-state index < -0.39 is 0 Å². The summed E-state index contributed by atoms with van der Waals surface area (Å²) < 4.78 is 0. The quantitative estimate of drug-likeness (QED) is 0.0537. The molecular weight excluding hydrogens is 599 g/mol. The van der Waals surface area contributed by atoms with Crippen LogP contribution in [0.3, 0.4) is 0 Å². The van der Waals surface area contributed by atoms with E-state index in [1.165, 1.54) is 27.8 Å². The third-order valence-electron chi connectivity index (χ3n) is 6.84. The second-order valence-electron chi connectivity index (χ2n) is 11.0. The van der Waals surface area contributed by atoms with Gasteiger partial charge in [-0.1, -0.05) is 159 Å². The Hall–Kier alpha value is -5.46. The molecule has 0 bridgehead atoms. The molecule has 1 aliphatic heterocycles. The molecular formula is C44H55N5. The number of anilines is 1. The molecule has 5 heteroatoms. The number of fused-ring (bicyclic) bond motifs is 1. The minimum Gasteiger partial charge on any atom is -0.354 e. The Bertz CT molecular complexity index is 1710. The van der Waals surface area contributed by atoms with Crippen molar-refractivity contribution in [1.82, 2.24) is 11.0 Å². The second-order valence-corrected chi connectivity index (χ2v) is 11.0. The molecule has 4 aromatic rings. The lowest BCUT2D eigenvalue weighted by Crippen LogP contribution is -2.33. The van der Waals surface area contributed by atoms with Gasteiger partial charge in [0, 0.05) is 29.7 Å². The van der Waals surface area contributed by atoms with E-state index in [9.17, 15) is 0 Å². The van der Waals surface area contributed by atoms with Crippen molar-refractivity contribution in [3.8, 4) is 0 Å². The second kappa shape index (κ2) is 23.8. The van der Waals surface area contributed by atoms with Crippen LogP contribution in [-0.2, 0) is 6.54 Å². The zero-order valence-corrected chi connectivity index (χ0v) is 28.8. The highest BCUT2D eigenvalue weighted by Crippen LogP contribution is 2.36. The van der Waals surface area contributed by atoms with Crippen LogP contribution in [0, 0.1) is 20.8 Å². The Kier molecular flexibility index (Phi) is 20.2. The fourth-order valence-corrected chi connectivity index (χ4v) is 4.54. The van der Waals surface area contributed by atoms with Crippen molar-refractivity contribution in [2.45, 2.75) is 41.7 Å². The maximum absolute atomic E-state index is 5.42. The zero-order chi connectivity index (χ0) is 35.1. The largest absolute Gasteiger partial charge is 0.354 e. The number of benzene rings is 4. The molecule has 0 fully saturated rings. The van der Waals surface area contributed by atoms with E-state index in [0.717, 1.165) is 33.7 Å². The minimum absolute atomic E-state index is 0. The Labute approximate surface area is 295 Å². The van der Waals surface area contributed by atoms with Crippen molar-refractivity contribution >= 4 is 22.5 Å². The summed E-state index contributed by atoms with van der Waals surface area (Å²) in [6, 6.07) is 33.3. The number of hydrogen-bond acceptors (Lipinski definition) is 5. The number of nitrogens with one attached hydrogen (secondary N) is 3. The Balaban J connectivity index is 0.000000464. The number of para-hydroxylation sites is 1. The summed E-state index contributed by atoms with van der Waals surface area (Å²) in [6.45, 7) is 20.1. The van der Waals surface area contributed by atoms with Gasteiger partial charge in [-0.3, -0.25) is 5.84 Å². The van der Waals surface area contributed by atoms with Crippen LogP contribution in [0.25, 0.3) is 16.8 Å². The normalized spacial score (nSPS) is 11.9. The Morgan fingerprint density at radius 1 is 0.796 bits per heavy atom. The predicted molar refractivity (Wildman–Crippen MR) is 218 cm³/mol. The fraction of sp³-hybridized carbons (Fsp3) is 0.136. The summed E-state index contributed by atoms with van der Waals surface area (Å²) in [7, 11) is 0. The van der Waals surface area contributed by atoms with Crippen molar-refractivity contribution in [3.63, 3.8) is 0 Å². The average Bonchev–Trinajstić information content (AvgIpc) is 3.07. The van der Waals surface area contributed by atoms with Crippen LogP contribution in [0.2, 0.25) is 0 Å². The molecule has 0 unspecified atom stereocenters. The molecule has 1 aliphatic rings. The predicted octanol–water partition coefficient (Wildman–Crippen LogP) is 10.4. The summed E-state index contributed by atoms with van der Waals surface area (Å²) in [5.74, 6) is 5.12. The van der Waals surface area contributed by atoms with E-state index in [1.54, 1.807) is 12.3 Å². The van der Waals surface area contributed by atoms with Crippen molar-refractivity contribution in [2.24, 2.45) is 11.6 Å². The molecule has 5 nitrogen and oxygen atoms in total. The molecule has 0 spiro atoms. The van der Waals surface area contributed by atoms with E-state index in [0.29, 0.717) is 6.54 Å². The lowest BCUT2D eigenvalue weighted by Gasteiger charge is -2.25. The molecule has 49 heavy (non-hydrogen) atoms. The third kappa shape index (κ3) is 15.3. The summed E-state index contributed by atoms with van der Waals surface area (Å²) in [6.07, 6.45) is 15.1. The van der Waals surface area contributed by atoms with Crippen LogP contribution in [0.4, 0.5) is 5.69 Å². The highest BCUT2D eigenvalue weighted by Gasteiger charge is 2.17. The van der Waals surface area contributed by atoms with Crippen molar-refractivity contribution in [1.29, 1.82) is 0 Å². The Morgan fingerprint density at radius 2 is 1.39 bits per heavy atom. The first-order valence-electron chi connectivity index (χ1n) is 15.9. The van der Waals surface area contributed by atoms with Gasteiger partial charge in [0.25, 0.3) is 0 Å². The summed E-state index contributed by atoms with van der Waals surface area (Å²) in [4.78, 5) is 0. The van der Waals surface area contributed by atoms with E-state index >= 15 is 0 Å². The number of nitrogens with two attached hydrogens (primary N) is 2. The van der Waals surface area contributed by atoms with Gasteiger partial charge in [0.2, 0.25) is 0 Å². The number of hydrogen-bond donors (Lipinski definition) is 5. The topological polar surface area (TPSA) is 88.1 Å². The maximum atomic E-state index is 5.42. The van der Waals surface area contributed by atoms with Gasteiger partial charge in [0.05, 0.1) is 0 Å². The lowest BCUT2D eigenvalue weighted by atomic mass is 9.96. The average molecular weight is 654 g/mol. The molecule has 0 amide bonds. The zero-order valence-electron chi connectivity index (χ0n) is 28.8. The highest BCUT2D eigenvalue weighted by molar-refractivity contribution is 5.99. The fourth-order valence-electron chi connectivity index (χ4n) is 4.54. The molecule has 0 atom stereocenters. The molecule has 256 valence electrons. The van der Waals surface area contributed by atoms with E-state index in [4.69, 9.17) is 11.6 Å². The molecule has 1 heterocycles. The summed E-state index contributed by atoms with van der Waals surface area (Å²) in [5, 5.41) is 3.39. The number of allylic oxidation sites excluding steroid dienone is 9. The number of aryl methyl sites for hydroxylation is 3. The van der Waals surface area contributed by atoms with Gasteiger partial charge in [-0.2, -0.15) is 5.53 Å². The first kappa shape index (κ1) is 41.6. The van der Waals surface area contributed by atoms with Gasteiger partial charge in [0.15, 0.2) is 0 Å². The van der Waals surface area contributed by atoms with Crippen LogP contribution < -0.4 is 27.9 Å². The van der Waals surface area contributed by atoms with E-state index in [1.807, 2.05) is 55.5 Å². The molecule has 0 radical (unpaired) electrons. The molecule has 4 aromatic carbocycles. The van der Waals surface area contributed by atoms with Crippen LogP contribution >= 0.6 is 0 Å². The molecule has 0 aliphatic carbocycles. The van der Waals surface area contributed by atoms with Gasteiger partial charge in [-0.25, -0.2) is 0 Å². The first-order valence-corrected chi connectivity index (χ1v) is 15.9. The van der Waals surface area contributed by atoms with E-state index in [-0.39, 0.29) is 7.43 Å². The van der Waals surface area contributed by atoms with Crippen molar-refractivity contribution in [2.75, 3.05) is 5.32 Å². The molecule has 0 saturated carbocycles. The van der Waals surface area contributed by atoms with Crippen LogP contribution in [0.5, 0.6) is 0 Å². The van der Waals surface area contributed by atoms with Gasteiger partial charge >= 0.3 is 0 Å². The maximum Gasteiger partial charge on any atom is 0.0485 e. The molecule has 7 N–H and O–H groups in total. The third-order valence-corrected chi connectivity index (χ3v) is 6.84. The summed E-state index contributed by atoms with van der Waals surface area (Å²) >= 11 is 0. The van der Waals surface area contributed by atoms with Crippen LogP contribution in [-0.4, -0.2) is 0 Å². The monoisotopic (exact) mass is 653 g/mol. The van der Waals surface area contributed by atoms with Crippen molar-refractivity contribution < 1.29 is 0 Å². The number of rotatable bonds is 9. The SMILES string of the molecule is C.C=C/C=C(\C=C1/Nc2ccccc21)c1ccc(C(=C)/C=C\C=C/NNN)cc1.C=CC.Cc1cccc(C)c1.Cc1cccc(CN)c1. The van der Waals surface area contributed by atoms with Gasteiger partial charge < -0.3 is 16.5 Å². The van der Waals surface area contributed by atoms with Gasteiger partial charge in [-0.05, 0) is 73.7 Å². The highest BCUT2D eigenvalue weighted by atomic mass is 15.5. The molecule has 0 saturated heterocycles. The molecule has 0 aromatic heterocycles. The lowest BCUT2D eigenvalue weighted by molar-refractivity contribution is 0.664. The van der Waals surface area contributed by atoms with Gasteiger partial charge in [-0.15, -0.1) is 6.58 Å². The summed E-state index contributed by atoms with van der Waals surface area (Å²) in [5.41, 5.74) is 23.3. The van der Waals surface area contributed by atoms with E-state index in [2.05, 4.69) is 142 Å². The smallest absolute Gasteiger partial charge is 0.0485 e. The van der Waals surface area contributed by atoms with Crippen LogP contribution in [0.15, 0.2) is 166 Å². The Morgan fingerprint density at radius 3 is 1.90 bits per heavy atom. The standard InChI is InChI=1S/C24H24N4.C8H11N.C8H10.C3H6.CH4/c1-3-8-21(17-24-22-10-4-5-11-23(22)27-24)20-14-12-19(13-15-20)18(2)9-6-7-16-26-28-25;1-7-3-2-4-8(5-7)6-9;1-7-4-3-5-8(2)6-7;1-3-2;/h3-17,26-28H,1-2,25H2;2-5H,6,9H2,1H3;3-6H,1-2H3;3H,1H2,2H3;1H4/b9-6-,16-7-,21-8+,24-17-;;;;. The minimum atomic E-state index is 0.